The number of hydrogen-bond acceptors (Lipinski definition) is 2. The molecule has 0 fully saturated rings. The molecular formula is C15H14Br2N2O. The number of halogens is 2. The van der Waals surface area contributed by atoms with Gasteiger partial charge >= 0.3 is 0 Å². The van der Waals surface area contributed by atoms with E-state index in [9.17, 15) is 4.79 Å². The summed E-state index contributed by atoms with van der Waals surface area (Å²) in [6.45, 7) is 2.00. The van der Waals surface area contributed by atoms with Crippen LogP contribution < -0.4 is 11.1 Å². The molecule has 2 rings (SSSR count). The van der Waals surface area contributed by atoms with Crippen LogP contribution in [-0.2, 0) is 4.79 Å². The van der Waals surface area contributed by atoms with Gasteiger partial charge in [-0.05, 0) is 48.4 Å². The van der Waals surface area contributed by atoms with Gasteiger partial charge in [0.2, 0.25) is 5.91 Å². The quantitative estimate of drug-likeness (QED) is 0.813. The molecule has 104 valence electrons. The van der Waals surface area contributed by atoms with E-state index in [1.54, 1.807) is 0 Å². The SMILES string of the molecule is Cc1ccc(C(Nc2ccc(Br)cc2)C(N)=O)c(Br)c1. The van der Waals surface area contributed by atoms with Crippen molar-refractivity contribution < 1.29 is 4.79 Å². The first-order valence-corrected chi connectivity index (χ1v) is 7.63. The van der Waals surface area contributed by atoms with Crippen molar-refractivity contribution in [2.24, 2.45) is 5.73 Å². The van der Waals surface area contributed by atoms with Crippen LogP contribution in [0, 0.1) is 6.92 Å². The van der Waals surface area contributed by atoms with Gasteiger partial charge in [-0.2, -0.15) is 0 Å². The van der Waals surface area contributed by atoms with Crippen molar-refractivity contribution in [1.29, 1.82) is 0 Å². The van der Waals surface area contributed by atoms with E-state index in [2.05, 4.69) is 37.2 Å². The zero-order valence-electron chi connectivity index (χ0n) is 10.9. The second-order valence-corrected chi connectivity index (χ2v) is 6.28. The topological polar surface area (TPSA) is 55.1 Å². The fourth-order valence-electron chi connectivity index (χ4n) is 1.88. The summed E-state index contributed by atoms with van der Waals surface area (Å²) in [7, 11) is 0. The van der Waals surface area contributed by atoms with Gasteiger partial charge in [-0.15, -0.1) is 0 Å². The second-order valence-electron chi connectivity index (χ2n) is 4.51. The molecular weight excluding hydrogens is 384 g/mol. The number of hydrogen-bond donors (Lipinski definition) is 2. The highest BCUT2D eigenvalue weighted by Crippen LogP contribution is 2.28. The lowest BCUT2D eigenvalue weighted by atomic mass is 10.0. The Hall–Kier alpha value is -1.33. The maximum Gasteiger partial charge on any atom is 0.244 e. The maximum absolute atomic E-state index is 11.7. The first-order valence-electron chi connectivity index (χ1n) is 6.05. The molecule has 20 heavy (non-hydrogen) atoms. The van der Waals surface area contributed by atoms with Crippen molar-refractivity contribution in [3.63, 3.8) is 0 Å². The van der Waals surface area contributed by atoms with Crippen molar-refractivity contribution in [3.05, 3.63) is 62.5 Å². The van der Waals surface area contributed by atoms with E-state index in [0.29, 0.717) is 0 Å². The molecule has 1 atom stereocenters. The molecule has 0 aliphatic rings. The molecule has 2 aromatic carbocycles. The van der Waals surface area contributed by atoms with Crippen molar-refractivity contribution in [2.75, 3.05) is 5.32 Å². The Kier molecular flexibility index (Phi) is 4.83. The average molecular weight is 398 g/mol. The van der Waals surface area contributed by atoms with Crippen LogP contribution in [0.4, 0.5) is 5.69 Å². The maximum atomic E-state index is 11.7. The number of nitrogens with two attached hydrogens (primary N) is 1. The Balaban J connectivity index is 2.31. The van der Waals surface area contributed by atoms with E-state index in [4.69, 9.17) is 5.73 Å². The van der Waals surface area contributed by atoms with Gasteiger partial charge in [-0.25, -0.2) is 0 Å². The van der Waals surface area contributed by atoms with Gasteiger partial charge in [0.25, 0.3) is 0 Å². The van der Waals surface area contributed by atoms with E-state index < -0.39 is 11.9 Å². The number of benzene rings is 2. The van der Waals surface area contributed by atoms with E-state index in [1.165, 1.54) is 0 Å². The lowest BCUT2D eigenvalue weighted by molar-refractivity contribution is -0.118. The number of anilines is 1. The molecule has 0 saturated carbocycles. The molecule has 3 nitrogen and oxygen atoms in total. The van der Waals surface area contributed by atoms with E-state index in [0.717, 1.165) is 25.8 Å². The summed E-state index contributed by atoms with van der Waals surface area (Å²) in [5.74, 6) is -0.419. The minimum atomic E-state index is -0.578. The molecule has 2 aromatic rings. The van der Waals surface area contributed by atoms with E-state index in [1.807, 2.05) is 49.4 Å². The summed E-state index contributed by atoms with van der Waals surface area (Å²) in [6, 6.07) is 12.8. The molecule has 0 bridgehead atoms. The minimum absolute atomic E-state index is 0.419. The summed E-state index contributed by atoms with van der Waals surface area (Å²) < 4.78 is 1.85. The fraction of sp³-hybridized carbons (Fsp3) is 0.133. The molecule has 0 spiro atoms. The lowest BCUT2D eigenvalue weighted by Gasteiger charge is -2.19. The fourth-order valence-corrected chi connectivity index (χ4v) is 2.87. The van der Waals surface area contributed by atoms with Gasteiger partial charge in [0.15, 0.2) is 0 Å². The van der Waals surface area contributed by atoms with Crippen LogP contribution in [0.25, 0.3) is 0 Å². The summed E-state index contributed by atoms with van der Waals surface area (Å²) in [6.07, 6.45) is 0. The van der Waals surface area contributed by atoms with Gasteiger partial charge < -0.3 is 11.1 Å². The first kappa shape index (κ1) is 15.1. The molecule has 0 aliphatic heterocycles. The average Bonchev–Trinajstić information content (AvgIpc) is 2.39. The van der Waals surface area contributed by atoms with Gasteiger partial charge in [0.05, 0.1) is 0 Å². The van der Waals surface area contributed by atoms with Crippen LogP contribution in [0.3, 0.4) is 0 Å². The van der Waals surface area contributed by atoms with Crippen LogP contribution in [0.1, 0.15) is 17.2 Å². The van der Waals surface area contributed by atoms with Gasteiger partial charge in [0, 0.05) is 14.6 Å². The Morgan fingerprint density at radius 2 is 1.80 bits per heavy atom. The molecule has 3 N–H and O–H groups in total. The highest BCUT2D eigenvalue weighted by Gasteiger charge is 2.20. The molecule has 5 heteroatoms. The highest BCUT2D eigenvalue weighted by molar-refractivity contribution is 9.10. The van der Waals surface area contributed by atoms with Gasteiger partial charge in [-0.3, -0.25) is 4.79 Å². The van der Waals surface area contributed by atoms with E-state index >= 15 is 0 Å². The summed E-state index contributed by atoms with van der Waals surface area (Å²) in [5.41, 5.74) is 8.30. The molecule has 0 saturated heterocycles. The predicted molar refractivity (Wildman–Crippen MR) is 88.6 cm³/mol. The Bertz CT molecular complexity index is 626. The van der Waals surface area contributed by atoms with Crippen molar-refractivity contribution >= 4 is 43.5 Å². The number of aryl methyl sites for hydroxylation is 1. The molecule has 0 heterocycles. The lowest BCUT2D eigenvalue weighted by Crippen LogP contribution is -2.28. The third-order valence-electron chi connectivity index (χ3n) is 2.91. The number of primary amides is 1. The predicted octanol–water partition coefficient (Wildman–Crippen LogP) is 4.16. The van der Waals surface area contributed by atoms with Crippen LogP contribution in [0.15, 0.2) is 51.4 Å². The smallest absolute Gasteiger partial charge is 0.244 e. The zero-order valence-corrected chi connectivity index (χ0v) is 14.0. The normalized spacial score (nSPS) is 11.9. The molecule has 1 amide bonds. The van der Waals surface area contributed by atoms with E-state index in [-0.39, 0.29) is 0 Å². The molecule has 0 aliphatic carbocycles. The minimum Gasteiger partial charge on any atom is -0.370 e. The van der Waals surface area contributed by atoms with Crippen LogP contribution in [-0.4, -0.2) is 5.91 Å². The third-order valence-corrected chi connectivity index (χ3v) is 4.12. The van der Waals surface area contributed by atoms with Gasteiger partial charge in [0.1, 0.15) is 6.04 Å². The molecule has 1 unspecified atom stereocenters. The van der Waals surface area contributed by atoms with Crippen LogP contribution in [0.5, 0.6) is 0 Å². The summed E-state index contributed by atoms with van der Waals surface area (Å²) >= 11 is 6.86. The Morgan fingerprint density at radius 3 is 2.35 bits per heavy atom. The van der Waals surface area contributed by atoms with Crippen molar-refractivity contribution in [3.8, 4) is 0 Å². The zero-order chi connectivity index (χ0) is 14.7. The Morgan fingerprint density at radius 1 is 1.15 bits per heavy atom. The van der Waals surface area contributed by atoms with Crippen molar-refractivity contribution in [1.82, 2.24) is 0 Å². The third kappa shape index (κ3) is 3.61. The van der Waals surface area contributed by atoms with Crippen LogP contribution >= 0.6 is 31.9 Å². The standard InChI is InChI=1S/C15H14Br2N2O/c1-9-2-7-12(13(17)8-9)14(15(18)20)19-11-5-3-10(16)4-6-11/h2-8,14,19H,1H3,(H2,18,20). The second kappa shape index (κ2) is 6.41. The van der Waals surface area contributed by atoms with Crippen molar-refractivity contribution in [2.45, 2.75) is 13.0 Å². The summed E-state index contributed by atoms with van der Waals surface area (Å²) in [4.78, 5) is 11.7. The Labute approximate surface area is 134 Å². The number of carbonyl (C=O) groups is 1. The van der Waals surface area contributed by atoms with Gasteiger partial charge in [-0.1, -0.05) is 44.0 Å². The molecule has 0 aromatic heterocycles. The number of nitrogens with one attached hydrogen (secondary N) is 1. The highest BCUT2D eigenvalue weighted by atomic mass is 79.9. The molecule has 0 radical (unpaired) electrons. The monoisotopic (exact) mass is 396 g/mol. The number of carbonyl (C=O) groups excluding carboxylic acids is 1. The van der Waals surface area contributed by atoms with Crippen LogP contribution in [0.2, 0.25) is 0 Å². The first-order chi connectivity index (χ1) is 9.47. The largest absolute Gasteiger partial charge is 0.370 e. The number of amides is 1. The number of rotatable bonds is 4. The summed E-state index contributed by atoms with van der Waals surface area (Å²) in [5, 5.41) is 3.16.